The summed E-state index contributed by atoms with van der Waals surface area (Å²) in [5.74, 6) is 0.458. The number of likely N-dealkylation sites (N-methyl/N-ethyl adjacent to an activating group) is 1. The molecule has 0 bridgehead atoms. The average Bonchev–Trinajstić information content (AvgIpc) is 2.74. The molecule has 0 radical (unpaired) electrons. The second-order valence-electron chi connectivity index (χ2n) is 5.48. The summed E-state index contributed by atoms with van der Waals surface area (Å²) in [6.07, 6.45) is 0. The summed E-state index contributed by atoms with van der Waals surface area (Å²) in [5.41, 5.74) is 1.25. The van der Waals surface area contributed by atoms with Crippen LogP contribution in [-0.2, 0) is 4.79 Å². The quantitative estimate of drug-likeness (QED) is 0.859. The molecule has 1 amide bonds. The fourth-order valence-electron chi connectivity index (χ4n) is 2.95. The van der Waals surface area contributed by atoms with Gasteiger partial charge in [0.1, 0.15) is 0 Å². The maximum atomic E-state index is 12.6. The molecule has 1 aliphatic rings. The molecule has 21 heavy (non-hydrogen) atoms. The fourth-order valence-corrected chi connectivity index (χ4v) is 4.35. The Bertz CT molecular complexity index is 614. The number of carbonyl (C=O) groups is 1. The molecule has 2 aromatic carbocycles. The molecule has 3 heteroatoms. The Labute approximate surface area is 130 Å². The monoisotopic (exact) mass is 297 g/mol. The van der Waals surface area contributed by atoms with Crippen molar-refractivity contribution in [1.82, 2.24) is 4.90 Å². The minimum Gasteiger partial charge on any atom is -0.341 e. The van der Waals surface area contributed by atoms with Gasteiger partial charge in [0.25, 0.3) is 0 Å². The van der Waals surface area contributed by atoms with Gasteiger partial charge in [-0.2, -0.15) is 0 Å². The van der Waals surface area contributed by atoms with Crippen LogP contribution in [-0.4, -0.2) is 29.1 Å². The largest absolute Gasteiger partial charge is 0.341 e. The van der Waals surface area contributed by atoms with Crippen molar-refractivity contribution in [3.63, 3.8) is 0 Å². The molecule has 1 saturated heterocycles. The first-order valence-electron chi connectivity index (χ1n) is 7.22. The predicted octanol–water partition coefficient (Wildman–Crippen LogP) is 3.79. The lowest BCUT2D eigenvalue weighted by Gasteiger charge is -2.22. The first-order chi connectivity index (χ1) is 10.2. The highest BCUT2D eigenvalue weighted by Gasteiger charge is 2.45. The van der Waals surface area contributed by atoms with Crippen LogP contribution in [0, 0.1) is 0 Å². The van der Waals surface area contributed by atoms with Gasteiger partial charge in [0.2, 0.25) is 5.91 Å². The van der Waals surface area contributed by atoms with Crippen LogP contribution in [0.2, 0.25) is 0 Å². The van der Waals surface area contributed by atoms with Gasteiger partial charge in [-0.1, -0.05) is 48.5 Å². The molecule has 3 rings (SSSR count). The summed E-state index contributed by atoms with van der Waals surface area (Å²) in [7, 11) is 1.91. The third kappa shape index (κ3) is 2.70. The molecule has 0 aliphatic carbocycles. The predicted molar refractivity (Wildman–Crippen MR) is 87.5 cm³/mol. The van der Waals surface area contributed by atoms with Crippen LogP contribution in [0.25, 0.3) is 0 Å². The summed E-state index contributed by atoms with van der Waals surface area (Å²) in [6, 6.07) is 20.8. The van der Waals surface area contributed by atoms with E-state index in [1.807, 2.05) is 36.2 Å². The normalized spacial score (nSPS) is 25.3. The van der Waals surface area contributed by atoms with Gasteiger partial charge < -0.3 is 4.90 Å². The summed E-state index contributed by atoms with van der Waals surface area (Å²) in [4.78, 5) is 15.6. The van der Waals surface area contributed by atoms with Gasteiger partial charge in [-0.3, -0.25) is 4.79 Å². The number of nitrogens with zero attached hydrogens (tertiary/aromatic N) is 1. The summed E-state index contributed by atoms with van der Waals surface area (Å²) < 4.78 is 0. The minimum atomic E-state index is -0.0465. The Morgan fingerprint density at radius 3 is 2.14 bits per heavy atom. The van der Waals surface area contributed by atoms with Crippen molar-refractivity contribution in [3.8, 4) is 0 Å². The van der Waals surface area contributed by atoms with Gasteiger partial charge in [-0.05, 0) is 24.6 Å². The number of hydrogen-bond acceptors (Lipinski definition) is 2. The van der Waals surface area contributed by atoms with E-state index in [4.69, 9.17) is 0 Å². The number of likely N-dealkylation sites (tertiary alicyclic amines) is 1. The highest BCUT2D eigenvalue weighted by Crippen LogP contribution is 2.42. The van der Waals surface area contributed by atoms with E-state index < -0.39 is 0 Å². The van der Waals surface area contributed by atoms with E-state index in [1.54, 1.807) is 11.8 Å². The van der Waals surface area contributed by atoms with Gasteiger partial charge in [-0.15, -0.1) is 11.8 Å². The number of hydrogen-bond donors (Lipinski definition) is 0. The Morgan fingerprint density at radius 1 is 0.952 bits per heavy atom. The van der Waals surface area contributed by atoms with Crippen LogP contribution in [0.15, 0.2) is 65.6 Å². The van der Waals surface area contributed by atoms with Crippen molar-refractivity contribution >= 4 is 17.7 Å². The molecule has 1 fully saturated rings. The van der Waals surface area contributed by atoms with Gasteiger partial charge in [-0.25, -0.2) is 0 Å². The smallest absolute Gasteiger partial charge is 0.236 e. The van der Waals surface area contributed by atoms with Crippen LogP contribution >= 0.6 is 11.8 Å². The maximum absolute atomic E-state index is 12.6. The number of carbonyl (C=O) groups excluding carboxylic acids is 1. The highest BCUT2D eigenvalue weighted by molar-refractivity contribution is 8.00. The first kappa shape index (κ1) is 14.2. The van der Waals surface area contributed by atoms with E-state index in [0.717, 1.165) is 4.90 Å². The Morgan fingerprint density at radius 2 is 1.52 bits per heavy atom. The summed E-state index contributed by atoms with van der Waals surface area (Å²) >= 11 is 1.68. The zero-order valence-electron chi connectivity index (χ0n) is 12.3. The van der Waals surface area contributed by atoms with Crippen LogP contribution in [0.1, 0.15) is 18.4 Å². The van der Waals surface area contributed by atoms with Crippen LogP contribution in [0.4, 0.5) is 0 Å². The number of rotatable bonds is 3. The Balaban J connectivity index is 1.93. The molecule has 1 heterocycles. The highest BCUT2D eigenvalue weighted by atomic mass is 32.2. The number of benzene rings is 2. The van der Waals surface area contributed by atoms with E-state index in [2.05, 4.69) is 43.3 Å². The van der Waals surface area contributed by atoms with Crippen molar-refractivity contribution in [1.29, 1.82) is 0 Å². The summed E-state index contributed by atoms with van der Waals surface area (Å²) in [5, 5.41) is -0.0465. The van der Waals surface area contributed by atoms with Crippen molar-refractivity contribution < 1.29 is 4.79 Å². The first-order valence-corrected chi connectivity index (χ1v) is 8.10. The number of amides is 1. The molecule has 3 atom stereocenters. The van der Waals surface area contributed by atoms with Crippen molar-refractivity contribution in [3.05, 3.63) is 66.2 Å². The van der Waals surface area contributed by atoms with E-state index >= 15 is 0 Å². The molecule has 0 saturated carbocycles. The molecule has 0 aromatic heterocycles. The molecule has 1 unspecified atom stereocenters. The lowest BCUT2D eigenvalue weighted by Crippen LogP contribution is -2.28. The van der Waals surface area contributed by atoms with Gasteiger partial charge in [0.05, 0.1) is 5.25 Å². The lowest BCUT2D eigenvalue weighted by molar-refractivity contribution is -0.127. The van der Waals surface area contributed by atoms with Crippen molar-refractivity contribution in [2.45, 2.75) is 29.0 Å². The minimum absolute atomic E-state index is 0.0465. The molecular weight excluding hydrogens is 278 g/mol. The van der Waals surface area contributed by atoms with Crippen molar-refractivity contribution in [2.75, 3.05) is 7.05 Å². The van der Waals surface area contributed by atoms with Crippen LogP contribution in [0.5, 0.6) is 0 Å². The SMILES string of the molecule is C[C@@H]1[C@H](c2ccccc2)C(Sc2ccccc2)C(=O)N1C. The second kappa shape index (κ2) is 5.94. The van der Waals surface area contributed by atoms with Gasteiger partial charge >= 0.3 is 0 Å². The summed E-state index contributed by atoms with van der Waals surface area (Å²) in [6.45, 7) is 2.14. The van der Waals surface area contributed by atoms with Gasteiger partial charge in [0.15, 0.2) is 0 Å². The fraction of sp³-hybridized carbons (Fsp3) is 0.278. The average molecular weight is 297 g/mol. The third-order valence-corrected chi connectivity index (χ3v) is 5.53. The molecule has 108 valence electrons. The Hall–Kier alpha value is -1.74. The molecule has 2 nitrogen and oxygen atoms in total. The second-order valence-corrected chi connectivity index (χ2v) is 6.69. The van der Waals surface area contributed by atoms with E-state index in [0.29, 0.717) is 0 Å². The molecule has 1 aliphatic heterocycles. The Kier molecular flexibility index (Phi) is 4.02. The lowest BCUT2D eigenvalue weighted by atomic mass is 9.92. The van der Waals surface area contributed by atoms with Crippen molar-refractivity contribution in [2.24, 2.45) is 0 Å². The van der Waals surface area contributed by atoms with E-state index in [1.165, 1.54) is 5.56 Å². The number of thioether (sulfide) groups is 1. The molecule has 2 aromatic rings. The zero-order chi connectivity index (χ0) is 14.8. The van der Waals surface area contributed by atoms with Gasteiger partial charge in [0, 0.05) is 23.9 Å². The standard InChI is InChI=1S/C18H19NOS/c1-13-16(14-9-5-3-6-10-14)17(18(20)19(13)2)21-15-11-7-4-8-12-15/h3-13,16-17H,1-2H3/t13-,16-,17?/m1/s1. The van der Waals surface area contributed by atoms with Crippen LogP contribution in [0.3, 0.4) is 0 Å². The van der Waals surface area contributed by atoms with E-state index in [-0.39, 0.29) is 23.1 Å². The molecular formula is C18H19NOS. The van der Waals surface area contributed by atoms with E-state index in [9.17, 15) is 4.79 Å². The maximum Gasteiger partial charge on any atom is 0.236 e. The molecule has 0 N–H and O–H groups in total. The topological polar surface area (TPSA) is 20.3 Å². The zero-order valence-corrected chi connectivity index (χ0v) is 13.1. The molecule has 0 spiro atoms. The third-order valence-electron chi connectivity index (χ3n) is 4.24. The van der Waals surface area contributed by atoms with Crippen LogP contribution < -0.4 is 0 Å².